The van der Waals surface area contributed by atoms with Crippen molar-refractivity contribution >= 4 is 27.3 Å². The third-order valence-corrected chi connectivity index (χ3v) is 5.41. The molecule has 0 radical (unpaired) electrons. The standard InChI is InChI=1S/C16H18FNO2S/c1-9-14-10(17)5-4-8-13(14)21-15(9)16(20)18-11-6-2-3-7-12(11)19/h4-5,8,11-12,19H,2-3,6-7H2,1H3,(H,18,20). The molecular weight excluding hydrogens is 289 g/mol. The first-order valence-corrected chi connectivity index (χ1v) is 8.06. The maximum absolute atomic E-state index is 13.9. The van der Waals surface area contributed by atoms with E-state index in [1.165, 1.54) is 17.4 Å². The molecule has 0 bridgehead atoms. The minimum absolute atomic E-state index is 0.194. The number of carbonyl (C=O) groups is 1. The summed E-state index contributed by atoms with van der Waals surface area (Å²) in [6.07, 6.45) is 3.06. The Morgan fingerprint density at radius 3 is 2.86 bits per heavy atom. The number of amides is 1. The first-order chi connectivity index (χ1) is 10.1. The number of aliphatic hydroxyl groups is 1. The van der Waals surface area contributed by atoms with Crippen LogP contribution in [0.2, 0.25) is 0 Å². The molecule has 1 aromatic carbocycles. The van der Waals surface area contributed by atoms with E-state index in [9.17, 15) is 14.3 Å². The minimum atomic E-state index is -0.478. The van der Waals surface area contributed by atoms with Gasteiger partial charge in [-0.15, -0.1) is 11.3 Å². The maximum Gasteiger partial charge on any atom is 0.261 e. The van der Waals surface area contributed by atoms with Crippen molar-refractivity contribution in [1.29, 1.82) is 0 Å². The van der Waals surface area contributed by atoms with Gasteiger partial charge in [-0.1, -0.05) is 18.9 Å². The number of hydrogen-bond donors (Lipinski definition) is 2. The van der Waals surface area contributed by atoms with Crippen molar-refractivity contribution in [3.05, 3.63) is 34.5 Å². The second-order valence-electron chi connectivity index (χ2n) is 5.60. The van der Waals surface area contributed by atoms with E-state index in [2.05, 4.69) is 5.32 Å². The van der Waals surface area contributed by atoms with Crippen molar-refractivity contribution in [3.63, 3.8) is 0 Å². The van der Waals surface area contributed by atoms with Gasteiger partial charge in [-0.3, -0.25) is 4.79 Å². The van der Waals surface area contributed by atoms with Gasteiger partial charge in [-0.25, -0.2) is 4.39 Å². The van der Waals surface area contributed by atoms with Crippen LogP contribution in [-0.4, -0.2) is 23.2 Å². The fourth-order valence-electron chi connectivity index (χ4n) is 2.98. The number of halogens is 1. The average molecular weight is 307 g/mol. The number of benzene rings is 1. The largest absolute Gasteiger partial charge is 0.391 e. The van der Waals surface area contributed by atoms with Gasteiger partial charge in [0.15, 0.2) is 0 Å². The predicted octanol–water partition coefficient (Wildman–Crippen LogP) is 3.38. The van der Waals surface area contributed by atoms with Crippen LogP contribution in [0.5, 0.6) is 0 Å². The summed E-state index contributed by atoms with van der Waals surface area (Å²) in [6, 6.07) is 4.69. The van der Waals surface area contributed by atoms with Crippen molar-refractivity contribution in [1.82, 2.24) is 5.32 Å². The summed E-state index contributed by atoms with van der Waals surface area (Å²) in [5.74, 6) is -0.503. The van der Waals surface area contributed by atoms with E-state index in [1.807, 2.05) is 6.07 Å². The number of aliphatic hydroxyl groups excluding tert-OH is 1. The van der Waals surface area contributed by atoms with Gasteiger partial charge in [0.25, 0.3) is 5.91 Å². The lowest BCUT2D eigenvalue weighted by Gasteiger charge is -2.28. The third-order valence-electron chi connectivity index (χ3n) is 4.16. The zero-order chi connectivity index (χ0) is 15.0. The van der Waals surface area contributed by atoms with Gasteiger partial charge in [-0.05, 0) is 37.5 Å². The lowest BCUT2D eigenvalue weighted by molar-refractivity contribution is 0.0720. The molecule has 1 saturated carbocycles. The molecule has 1 fully saturated rings. The van der Waals surface area contributed by atoms with Crippen molar-refractivity contribution < 1.29 is 14.3 Å². The Hall–Kier alpha value is -1.46. The molecule has 0 saturated heterocycles. The smallest absolute Gasteiger partial charge is 0.261 e. The molecule has 3 rings (SSSR count). The first kappa shape index (κ1) is 14.5. The zero-order valence-corrected chi connectivity index (χ0v) is 12.7. The number of carbonyl (C=O) groups excluding carboxylic acids is 1. The summed E-state index contributed by atoms with van der Waals surface area (Å²) >= 11 is 1.30. The van der Waals surface area contributed by atoms with Crippen LogP contribution in [0.15, 0.2) is 18.2 Å². The monoisotopic (exact) mass is 307 g/mol. The Kier molecular flexibility index (Phi) is 3.95. The Balaban J connectivity index is 1.88. The molecule has 2 unspecified atom stereocenters. The molecule has 0 aliphatic heterocycles. The number of thiophene rings is 1. The lowest BCUT2D eigenvalue weighted by Crippen LogP contribution is -2.45. The van der Waals surface area contributed by atoms with Crippen molar-refractivity contribution in [2.75, 3.05) is 0 Å². The van der Waals surface area contributed by atoms with Gasteiger partial charge in [0.2, 0.25) is 0 Å². The van der Waals surface area contributed by atoms with Crippen LogP contribution in [-0.2, 0) is 0 Å². The maximum atomic E-state index is 13.9. The molecule has 21 heavy (non-hydrogen) atoms. The van der Waals surface area contributed by atoms with E-state index in [4.69, 9.17) is 0 Å². The second-order valence-corrected chi connectivity index (χ2v) is 6.65. The van der Waals surface area contributed by atoms with Crippen LogP contribution in [0.1, 0.15) is 40.9 Å². The highest BCUT2D eigenvalue weighted by atomic mass is 32.1. The predicted molar refractivity (Wildman–Crippen MR) is 82.2 cm³/mol. The number of nitrogens with one attached hydrogen (secondary N) is 1. The van der Waals surface area contributed by atoms with Crippen LogP contribution in [0, 0.1) is 12.7 Å². The summed E-state index contributed by atoms with van der Waals surface area (Å²) in [5, 5.41) is 13.4. The summed E-state index contributed by atoms with van der Waals surface area (Å²) in [6.45, 7) is 1.77. The molecule has 0 spiro atoms. The highest BCUT2D eigenvalue weighted by Crippen LogP contribution is 2.32. The summed E-state index contributed by atoms with van der Waals surface area (Å²) in [4.78, 5) is 13.0. The number of hydrogen-bond acceptors (Lipinski definition) is 3. The number of fused-ring (bicyclic) bond motifs is 1. The van der Waals surface area contributed by atoms with Crippen LogP contribution in [0.4, 0.5) is 4.39 Å². The van der Waals surface area contributed by atoms with Crippen LogP contribution < -0.4 is 5.32 Å². The minimum Gasteiger partial charge on any atom is -0.391 e. The molecule has 2 aromatic rings. The fraction of sp³-hybridized carbons (Fsp3) is 0.438. The molecule has 112 valence electrons. The van der Waals surface area contributed by atoms with E-state index in [0.29, 0.717) is 15.8 Å². The average Bonchev–Trinajstić information content (AvgIpc) is 2.80. The Morgan fingerprint density at radius 2 is 2.14 bits per heavy atom. The van der Waals surface area contributed by atoms with E-state index >= 15 is 0 Å². The van der Waals surface area contributed by atoms with Crippen molar-refractivity contribution in [2.45, 2.75) is 44.8 Å². The summed E-state index contributed by atoms with van der Waals surface area (Å²) in [5.41, 5.74) is 0.677. The van der Waals surface area contributed by atoms with Gasteiger partial charge in [0.05, 0.1) is 17.0 Å². The second kappa shape index (κ2) is 5.73. The highest BCUT2D eigenvalue weighted by Gasteiger charge is 2.26. The van der Waals surface area contributed by atoms with E-state index < -0.39 is 6.10 Å². The third kappa shape index (κ3) is 2.68. The normalized spacial score (nSPS) is 22.4. The van der Waals surface area contributed by atoms with Gasteiger partial charge < -0.3 is 10.4 Å². The first-order valence-electron chi connectivity index (χ1n) is 7.24. The number of rotatable bonds is 2. The molecule has 1 aliphatic rings. The van der Waals surface area contributed by atoms with E-state index in [-0.39, 0.29) is 17.8 Å². The van der Waals surface area contributed by atoms with Gasteiger partial charge in [0, 0.05) is 10.1 Å². The van der Waals surface area contributed by atoms with E-state index in [1.54, 1.807) is 13.0 Å². The van der Waals surface area contributed by atoms with Crippen LogP contribution in [0.3, 0.4) is 0 Å². The van der Waals surface area contributed by atoms with Crippen LogP contribution >= 0.6 is 11.3 Å². The van der Waals surface area contributed by atoms with Crippen LogP contribution in [0.25, 0.3) is 10.1 Å². The molecule has 2 atom stereocenters. The molecule has 1 amide bonds. The summed E-state index contributed by atoms with van der Waals surface area (Å²) in [7, 11) is 0. The molecule has 5 heteroatoms. The zero-order valence-electron chi connectivity index (χ0n) is 11.9. The van der Waals surface area contributed by atoms with E-state index in [0.717, 1.165) is 30.4 Å². The lowest BCUT2D eigenvalue weighted by atomic mass is 9.92. The van der Waals surface area contributed by atoms with Gasteiger partial charge >= 0.3 is 0 Å². The number of aryl methyl sites for hydroxylation is 1. The quantitative estimate of drug-likeness (QED) is 0.893. The molecule has 1 heterocycles. The Bertz CT molecular complexity index is 682. The highest BCUT2D eigenvalue weighted by molar-refractivity contribution is 7.21. The van der Waals surface area contributed by atoms with Gasteiger partial charge in [-0.2, -0.15) is 0 Å². The van der Waals surface area contributed by atoms with Crippen molar-refractivity contribution in [2.24, 2.45) is 0 Å². The van der Waals surface area contributed by atoms with Gasteiger partial charge in [0.1, 0.15) is 5.82 Å². The Morgan fingerprint density at radius 1 is 1.38 bits per heavy atom. The summed E-state index contributed by atoms with van der Waals surface area (Å²) < 4.78 is 14.7. The SMILES string of the molecule is Cc1c(C(=O)NC2CCCCC2O)sc2cccc(F)c12. The van der Waals surface area contributed by atoms with Crippen molar-refractivity contribution in [3.8, 4) is 0 Å². The molecule has 2 N–H and O–H groups in total. The fourth-order valence-corrected chi connectivity index (χ4v) is 4.11. The topological polar surface area (TPSA) is 49.3 Å². The molecule has 1 aliphatic carbocycles. The molecule has 3 nitrogen and oxygen atoms in total. The molecular formula is C16H18FNO2S. The Labute approximate surface area is 126 Å². The molecule has 1 aromatic heterocycles.